The van der Waals surface area contributed by atoms with Gasteiger partial charge < -0.3 is 20.5 Å². The molecule has 3 rings (SSSR count). The molecule has 0 aliphatic rings. The topological polar surface area (TPSA) is 111 Å². The molecule has 2 amide bonds. The highest BCUT2D eigenvalue weighted by molar-refractivity contribution is 6.33. The highest BCUT2D eigenvalue weighted by Crippen LogP contribution is 2.21. The molecule has 0 bridgehead atoms. The fourth-order valence-corrected chi connectivity index (χ4v) is 2.80. The quantitative estimate of drug-likeness (QED) is 0.278. The van der Waals surface area contributed by atoms with Gasteiger partial charge in [-0.1, -0.05) is 35.9 Å². The van der Waals surface area contributed by atoms with Gasteiger partial charge in [0, 0.05) is 5.69 Å². The number of benzene rings is 3. The monoisotopic (exact) mass is 447 g/mol. The minimum absolute atomic E-state index is 0.0719. The number of phenolic OH excluding ortho intramolecular Hbond substituents is 1. The lowest BCUT2D eigenvalue weighted by atomic mass is 10.1. The molecular weight excluding hydrogens is 430 g/mol. The summed E-state index contributed by atoms with van der Waals surface area (Å²) in [5, 5.41) is 24.3. The van der Waals surface area contributed by atoms with Gasteiger partial charge >= 0.3 is 0 Å². The molecule has 7 nitrogen and oxygen atoms in total. The van der Waals surface area contributed by atoms with E-state index < -0.39 is 5.91 Å². The molecule has 0 aliphatic carbocycles. The zero-order valence-corrected chi connectivity index (χ0v) is 17.5. The van der Waals surface area contributed by atoms with E-state index in [-0.39, 0.29) is 23.8 Å². The number of phenols is 1. The van der Waals surface area contributed by atoms with Gasteiger partial charge in [-0.3, -0.25) is 9.59 Å². The van der Waals surface area contributed by atoms with Gasteiger partial charge in [0.1, 0.15) is 23.1 Å². The maximum Gasteiger partial charge on any atom is 0.266 e. The second-order valence-electron chi connectivity index (χ2n) is 6.56. The third-order valence-corrected chi connectivity index (χ3v) is 4.53. The number of hydrogen-bond acceptors (Lipinski definition) is 5. The molecule has 0 atom stereocenters. The molecule has 0 aromatic heterocycles. The van der Waals surface area contributed by atoms with Crippen LogP contribution in [0.25, 0.3) is 6.08 Å². The van der Waals surface area contributed by atoms with Crippen molar-refractivity contribution < 1.29 is 19.4 Å². The Hall–Kier alpha value is -4.28. The van der Waals surface area contributed by atoms with Gasteiger partial charge in [0.15, 0.2) is 6.61 Å². The summed E-state index contributed by atoms with van der Waals surface area (Å²) in [5.74, 6) is -0.416. The zero-order valence-electron chi connectivity index (χ0n) is 16.7. The van der Waals surface area contributed by atoms with Gasteiger partial charge in [-0.2, -0.15) is 5.26 Å². The highest BCUT2D eigenvalue weighted by Gasteiger charge is 2.10. The van der Waals surface area contributed by atoms with E-state index in [9.17, 15) is 20.0 Å². The predicted octanol–water partition coefficient (Wildman–Crippen LogP) is 4.61. The van der Waals surface area contributed by atoms with Crippen LogP contribution in [0.15, 0.2) is 78.4 Å². The van der Waals surface area contributed by atoms with Gasteiger partial charge in [0.25, 0.3) is 11.8 Å². The van der Waals surface area contributed by atoms with E-state index in [4.69, 9.17) is 16.3 Å². The Labute approximate surface area is 189 Å². The lowest BCUT2D eigenvalue weighted by molar-refractivity contribution is -0.118. The lowest BCUT2D eigenvalue weighted by Gasteiger charge is -2.09. The van der Waals surface area contributed by atoms with Crippen LogP contribution in [0.5, 0.6) is 11.5 Å². The van der Waals surface area contributed by atoms with Crippen LogP contribution in [0, 0.1) is 11.3 Å². The summed E-state index contributed by atoms with van der Waals surface area (Å²) < 4.78 is 5.46. The molecule has 32 heavy (non-hydrogen) atoms. The second kappa shape index (κ2) is 10.7. The molecular formula is C24H18ClN3O4. The third kappa shape index (κ3) is 6.36. The van der Waals surface area contributed by atoms with E-state index in [1.54, 1.807) is 48.5 Å². The molecule has 0 heterocycles. The van der Waals surface area contributed by atoms with Crippen molar-refractivity contribution in [1.29, 1.82) is 5.26 Å². The van der Waals surface area contributed by atoms with E-state index in [0.29, 0.717) is 27.7 Å². The van der Waals surface area contributed by atoms with Gasteiger partial charge in [-0.25, -0.2) is 0 Å². The summed E-state index contributed by atoms with van der Waals surface area (Å²) in [7, 11) is 0. The molecule has 0 saturated heterocycles. The summed E-state index contributed by atoms with van der Waals surface area (Å²) in [5.41, 5.74) is 1.46. The molecule has 0 fully saturated rings. The minimum atomic E-state index is -0.574. The number of aromatic hydroxyl groups is 1. The molecule has 8 heteroatoms. The van der Waals surface area contributed by atoms with Gasteiger partial charge in [-0.05, 0) is 60.2 Å². The number of amides is 2. The normalized spacial score (nSPS) is 10.7. The molecule has 3 aromatic carbocycles. The smallest absolute Gasteiger partial charge is 0.266 e. The average molecular weight is 448 g/mol. The van der Waals surface area contributed by atoms with Crippen molar-refractivity contribution in [3.63, 3.8) is 0 Å². The van der Waals surface area contributed by atoms with Crippen LogP contribution in [-0.4, -0.2) is 23.5 Å². The molecule has 3 N–H and O–H groups in total. The first-order valence-electron chi connectivity index (χ1n) is 9.44. The van der Waals surface area contributed by atoms with Crippen LogP contribution in [0.1, 0.15) is 5.56 Å². The van der Waals surface area contributed by atoms with Crippen LogP contribution < -0.4 is 15.4 Å². The molecule has 0 spiro atoms. The average Bonchev–Trinajstić information content (AvgIpc) is 2.80. The van der Waals surface area contributed by atoms with E-state index in [0.717, 1.165) is 0 Å². The first kappa shape index (κ1) is 22.4. The molecule has 0 unspecified atom stereocenters. The number of halogens is 1. The molecule has 0 radical (unpaired) electrons. The number of anilines is 2. The van der Waals surface area contributed by atoms with Gasteiger partial charge in [0.05, 0.1) is 10.7 Å². The fourth-order valence-electron chi connectivity index (χ4n) is 2.62. The van der Waals surface area contributed by atoms with E-state index >= 15 is 0 Å². The van der Waals surface area contributed by atoms with Crippen LogP contribution >= 0.6 is 11.6 Å². The van der Waals surface area contributed by atoms with Crippen LogP contribution in [0.3, 0.4) is 0 Å². The number of rotatable bonds is 7. The van der Waals surface area contributed by atoms with Gasteiger partial charge in [-0.15, -0.1) is 0 Å². The van der Waals surface area contributed by atoms with Crippen LogP contribution in [0.2, 0.25) is 5.02 Å². The third-order valence-electron chi connectivity index (χ3n) is 4.20. The predicted molar refractivity (Wildman–Crippen MR) is 122 cm³/mol. The Morgan fingerprint density at radius 2 is 1.69 bits per heavy atom. The number of nitrogens with zero attached hydrogens (tertiary/aromatic N) is 1. The SMILES string of the molecule is N#C/C(=C\c1ccc(OCC(=O)Nc2ccccc2Cl)cc1)C(=O)Nc1ccc(O)cc1. The van der Waals surface area contributed by atoms with Crippen molar-refractivity contribution in [2.24, 2.45) is 0 Å². The maximum absolute atomic E-state index is 12.3. The maximum atomic E-state index is 12.3. The molecule has 0 aliphatic heterocycles. The largest absolute Gasteiger partial charge is 0.508 e. The standard InChI is InChI=1S/C24H18ClN3O4/c25-21-3-1-2-4-22(21)28-23(30)15-32-20-11-5-16(6-12-20)13-17(14-26)24(31)27-18-7-9-19(29)10-8-18/h1-13,29H,15H2,(H,27,31)(H,28,30)/b17-13+. The van der Waals surface area contributed by atoms with Crippen molar-refractivity contribution in [3.05, 3.63) is 89.0 Å². The van der Waals surface area contributed by atoms with Crippen molar-refractivity contribution in [2.45, 2.75) is 0 Å². The van der Waals surface area contributed by atoms with E-state index in [1.165, 1.54) is 30.3 Å². The fraction of sp³-hybridized carbons (Fsp3) is 0.0417. The minimum Gasteiger partial charge on any atom is -0.508 e. The van der Waals surface area contributed by atoms with Crippen molar-refractivity contribution >= 4 is 40.9 Å². The zero-order chi connectivity index (χ0) is 22.9. The summed E-state index contributed by atoms with van der Waals surface area (Å²) >= 11 is 6.01. The Kier molecular flexibility index (Phi) is 7.46. The summed E-state index contributed by atoms with van der Waals surface area (Å²) in [6, 6.07) is 21.2. The molecule has 160 valence electrons. The van der Waals surface area contributed by atoms with Crippen molar-refractivity contribution in [3.8, 4) is 17.6 Å². The molecule has 0 saturated carbocycles. The second-order valence-corrected chi connectivity index (χ2v) is 6.96. The summed E-state index contributed by atoms with van der Waals surface area (Å²) in [4.78, 5) is 24.3. The number of carbonyl (C=O) groups is 2. The van der Waals surface area contributed by atoms with Crippen molar-refractivity contribution in [2.75, 3.05) is 17.2 Å². The highest BCUT2D eigenvalue weighted by atomic mass is 35.5. The number of carbonyl (C=O) groups excluding carboxylic acids is 2. The Bertz CT molecular complexity index is 1180. The Morgan fingerprint density at radius 3 is 2.34 bits per heavy atom. The number of hydrogen-bond donors (Lipinski definition) is 3. The Morgan fingerprint density at radius 1 is 1.00 bits per heavy atom. The number of para-hydroxylation sites is 1. The first-order chi connectivity index (χ1) is 15.4. The van der Waals surface area contributed by atoms with Crippen molar-refractivity contribution in [1.82, 2.24) is 0 Å². The number of nitrogens with one attached hydrogen (secondary N) is 2. The lowest BCUT2D eigenvalue weighted by Crippen LogP contribution is -2.20. The van der Waals surface area contributed by atoms with E-state index in [2.05, 4.69) is 10.6 Å². The molecule has 3 aromatic rings. The summed E-state index contributed by atoms with van der Waals surface area (Å²) in [6.07, 6.45) is 1.43. The number of ether oxygens (including phenoxy) is 1. The first-order valence-corrected chi connectivity index (χ1v) is 9.82. The van der Waals surface area contributed by atoms with E-state index in [1.807, 2.05) is 6.07 Å². The van der Waals surface area contributed by atoms with Crippen LogP contribution in [-0.2, 0) is 9.59 Å². The van der Waals surface area contributed by atoms with Gasteiger partial charge in [0.2, 0.25) is 0 Å². The number of nitriles is 1. The van der Waals surface area contributed by atoms with Crippen LogP contribution in [0.4, 0.5) is 11.4 Å². The summed E-state index contributed by atoms with van der Waals surface area (Å²) in [6.45, 7) is -0.209. The Balaban J connectivity index is 1.57.